The Balaban J connectivity index is 2.52. The van der Waals surface area contributed by atoms with E-state index in [1.807, 2.05) is 37.4 Å². The van der Waals surface area contributed by atoms with Gasteiger partial charge in [0.2, 0.25) is 0 Å². The van der Waals surface area contributed by atoms with Gasteiger partial charge in [0.05, 0.1) is 11.9 Å². The first-order valence-electron chi connectivity index (χ1n) is 5.51. The maximum atomic E-state index is 11.9. The molecular formula is C13H18O2S2. The number of hydrogen-bond donors (Lipinski definition) is 1. The van der Waals surface area contributed by atoms with Crippen LogP contribution < -0.4 is 0 Å². The Hall–Kier alpha value is -0.450. The second kappa shape index (κ2) is 7.09. The molecular weight excluding hydrogens is 252 g/mol. The fraction of sp³-hybridized carbons (Fsp3) is 0.462. The lowest BCUT2D eigenvalue weighted by atomic mass is 10.1. The van der Waals surface area contributed by atoms with Gasteiger partial charge < -0.3 is 5.11 Å². The summed E-state index contributed by atoms with van der Waals surface area (Å²) in [6, 6.07) is 7.64. The molecule has 0 aliphatic rings. The zero-order valence-corrected chi connectivity index (χ0v) is 12.0. The number of carbonyl (C=O) groups excluding carboxylic acids is 1. The molecule has 17 heavy (non-hydrogen) atoms. The molecule has 0 saturated carbocycles. The normalized spacial score (nSPS) is 14.4. The topological polar surface area (TPSA) is 37.3 Å². The van der Waals surface area contributed by atoms with Crippen LogP contribution in [-0.4, -0.2) is 34.3 Å². The highest BCUT2D eigenvalue weighted by Crippen LogP contribution is 2.18. The monoisotopic (exact) mass is 270 g/mol. The van der Waals surface area contributed by atoms with Crippen LogP contribution in [0.15, 0.2) is 29.2 Å². The second-order valence-corrected chi connectivity index (χ2v) is 6.15. The van der Waals surface area contributed by atoms with E-state index in [1.165, 1.54) is 11.8 Å². The molecule has 1 aromatic rings. The summed E-state index contributed by atoms with van der Waals surface area (Å²) in [5.41, 5.74) is 0.744. The van der Waals surface area contributed by atoms with Crippen molar-refractivity contribution in [3.8, 4) is 0 Å². The number of rotatable bonds is 6. The lowest BCUT2D eigenvalue weighted by molar-refractivity contribution is 0.102. The largest absolute Gasteiger partial charge is 0.392 e. The molecule has 0 fully saturated rings. The third-order valence-corrected chi connectivity index (χ3v) is 4.66. The number of benzene rings is 1. The molecule has 2 unspecified atom stereocenters. The van der Waals surface area contributed by atoms with Crippen molar-refractivity contribution in [2.24, 2.45) is 0 Å². The molecule has 0 heterocycles. The zero-order valence-electron chi connectivity index (χ0n) is 10.3. The number of aliphatic hydroxyl groups excluding tert-OH is 1. The molecule has 0 aromatic heterocycles. The molecule has 0 saturated heterocycles. The van der Waals surface area contributed by atoms with Crippen LogP contribution in [0.1, 0.15) is 24.2 Å². The van der Waals surface area contributed by atoms with Crippen LogP contribution in [0, 0.1) is 0 Å². The van der Waals surface area contributed by atoms with E-state index in [0.717, 1.165) is 10.5 Å². The summed E-state index contributed by atoms with van der Waals surface area (Å²) in [5.74, 6) is 0.542. The average molecular weight is 270 g/mol. The fourth-order valence-electron chi connectivity index (χ4n) is 1.21. The molecule has 1 rings (SSSR count). The lowest BCUT2D eigenvalue weighted by Gasteiger charge is -2.13. The standard InChI is InChI=1S/C13H18O2S2/c1-9(14)10(2)17-8-13(15)11-4-6-12(16-3)7-5-11/h4-7,9-10,14H,8H2,1-3H3. The summed E-state index contributed by atoms with van der Waals surface area (Å²) in [6.45, 7) is 3.68. The van der Waals surface area contributed by atoms with Gasteiger partial charge in [-0.3, -0.25) is 4.79 Å². The summed E-state index contributed by atoms with van der Waals surface area (Å²) >= 11 is 3.15. The average Bonchev–Trinajstić information content (AvgIpc) is 2.35. The van der Waals surface area contributed by atoms with Gasteiger partial charge in [-0.05, 0) is 25.3 Å². The van der Waals surface area contributed by atoms with E-state index in [-0.39, 0.29) is 17.1 Å². The first-order chi connectivity index (χ1) is 8.04. The van der Waals surface area contributed by atoms with Crippen LogP contribution in [0.25, 0.3) is 0 Å². The minimum atomic E-state index is -0.383. The molecule has 1 aromatic carbocycles. The van der Waals surface area contributed by atoms with E-state index in [1.54, 1.807) is 18.7 Å². The minimum absolute atomic E-state index is 0.0874. The van der Waals surface area contributed by atoms with Crippen molar-refractivity contribution >= 4 is 29.3 Å². The van der Waals surface area contributed by atoms with Gasteiger partial charge in [-0.15, -0.1) is 23.5 Å². The molecule has 4 heteroatoms. The minimum Gasteiger partial charge on any atom is -0.392 e. The van der Waals surface area contributed by atoms with Crippen molar-refractivity contribution in [1.29, 1.82) is 0 Å². The molecule has 1 N–H and O–H groups in total. The summed E-state index contributed by atoms with van der Waals surface area (Å²) < 4.78 is 0. The van der Waals surface area contributed by atoms with Crippen molar-refractivity contribution in [3.05, 3.63) is 29.8 Å². The number of thioether (sulfide) groups is 2. The van der Waals surface area contributed by atoms with Gasteiger partial charge in [-0.2, -0.15) is 0 Å². The van der Waals surface area contributed by atoms with Crippen molar-refractivity contribution in [3.63, 3.8) is 0 Å². The predicted octanol–water partition coefficient (Wildman–Crippen LogP) is 3.09. The van der Waals surface area contributed by atoms with Crippen LogP contribution in [0.3, 0.4) is 0 Å². The summed E-state index contributed by atoms with van der Waals surface area (Å²) in [7, 11) is 0. The van der Waals surface area contributed by atoms with Gasteiger partial charge in [0.25, 0.3) is 0 Å². The van der Waals surface area contributed by atoms with Gasteiger partial charge in [-0.25, -0.2) is 0 Å². The van der Waals surface area contributed by atoms with Crippen LogP contribution in [-0.2, 0) is 0 Å². The zero-order chi connectivity index (χ0) is 12.8. The number of carbonyl (C=O) groups is 1. The molecule has 0 amide bonds. The van der Waals surface area contributed by atoms with Gasteiger partial charge in [0.1, 0.15) is 0 Å². The molecule has 2 nitrogen and oxygen atoms in total. The molecule has 0 aliphatic heterocycles. The van der Waals surface area contributed by atoms with E-state index in [4.69, 9.17) is 0 Å². The van der Waals surface area contributed by atoms with E-state index in [0.29, 0.717) is 5.75 Å². The van der Waals surface area contributed by atoms with Gasteiger partial charge >= 0.3 is 0 Å². The lowest BCUT2D eigenvalue weighted by Crippen LogP contribution is -2.17. The van der Waals surface area contributed by atoms with E-state index in [2.05, 4.69) is 0 Å². The predicted molar refractivity (Wildman–Crippen MR) is 76.2 cm³/mol. The summed E-state index contributed by atoms with van der Waals surface area (Å²) in [5, 5.41) is 9.43. The molecule has 0 aliphatic carbocycles. The van der Waals surface area contributed by atoms with E-state index >= 15 is 0 Å². The van der Waals surface area contributed by atoms with Crippen molar-refractivity contribution in [2.75, 3.05) is 12.0 Å². The van der Waals surface area contributed by atoms with Crippen molar-refractivity contribution < 1.29 is 9.90 Å². The van der Waals surface area contributed by atoms with E-state index < -0.39 is 0 Å². The summed E-state index contributed by atoms with van der Waals surface area (Å²) in [4.78, 5) is 13.0. The highest BCUT2D eigenvalue weighted by atomic mass is 32.2. The molecule has 94 valence electrons. The van der Waals surface area contributed by atoms with Crippen LogP contribution in [0.5, 0.6) is 0 Å². The Labute approximate surface area is 111 Å². The van der Waals surface area contributed by atoms with Gasteiger partial charge in [-0.1, -0.05) is 19.1 Å². The fourth-order valence-corrected chi connectivity index (χ4v) is 2.47. The number of Topliss-reactive ketones (excluding diaryl/α,β-unsaturated/α-hetero) is 1. The molecule has 0 bridgehead atoms. The quantitative estimate of drug-likeness (QED) is 0.636. The first kappa shape index (κ1) is 14.6. The Bertz CT molecular complexity index is 360. The van der Waals surface area contributed by atoms with Crippen LogP contribution in [0.4, 0.5) is 0 Å². The Morgan fingerprint density at radius 1 is 1.29 bits per heavy atom. The van der Waals surface area contributed by atoms with Gasteiger partial charge in [0.15, 0.2) is 5.78 Å². The van der Waals surface area contributed by atoms with Crippen molar-refractivity contribution in [1.82, 2.24) is 0 Å². The Morgan fingerprint density at radius 2 is 1.88 bits per heavy atom. The van der Waals surface area contributed by atoms with E-state index in [9.17, 15) is 9.90 Å². The molecule has 0 radical (unpaired) electrons. The molecule has 2 atom stereocenters. The smallest absolute Gasteiger partial charge is 0.172 e. The van der Waals surface area contributed by atoms with Crippen LogP contribution in [0.2, 0.25) is 0 Å². The van der Waals surface area contributed by atoms with Crippen molar-refractivity contribution in [2.45, 2.75) is 30.1 Å². The third kappa shape index (κ3) is 4.74. The maximum Gasteiger partial charge on any atom is 0.172 e. The SMILES string of the molecule is CSc1ccc(C(=O)CSC(C)C(C)O)cc1. The highest BCUT2D eigenvalue weighted by Gasteiger charge is 2.12. The number of ketones is 1. The Kier molecular flexibility index (Phi) is 6.09. The number of aliphatic hydroxyl groups is 1. The maximum absolute atomic E-state index is 11.9. The van der Waals surface area contributed by atoms with Crippen LogP contribution >= 0.6 is 23.5 Å². The first-order valence-corrected chi connectivity index (χ1v) is 7.79. The van der Waals surface area contributed by atoms with Gasteiger partial charge in [0, 0.05) is 15.7 Å². The number of hydrogen-bond acceptors (Lipinski definition) is 4. The highest BCUT2D eigenvalue weighted by molar-refractivity contribution is 8.00. The second-order valence-electron chi connectivity index (χ2n) is 3.91. The summed E-state index contributed by atoms with van der Waals surface area (Å²) in [6.07, 6.45) is 1.63. The Morgan fingerprint density at radius 3 is 2.35 bits per heavy atom. The third-order valence-electron chi connectivity index (χ3n) is 2.57. The molecule has 0 spiro atoms.